The Bertz CT molecular complexity index is 903. The van der Waals surface area contributed by atoms with E-state index < -0.39 is 10.0 Å². The monoisotopic (exact) mass is 429 g/mol. The lowest BCUT2D eigenvalue weighted by molar-refractivity contribution is -0.134. The molecular weight excluding hydrogens is 406 g/mol. The standard InChI is InChI=1S/C18H24ClN3O5S/c1-18(2,3)10-17(24)21-4-6-22(7-5-21)28(25,26)15-9-14-13(8-12(15)19)20-16(23)11-27-14/h8-9H,4-7,10-11H2,1-3H3,(H,20,23). The molecule has 2 heterocycles. The van der Waals surface area contributed by atoms with Crippen molar-refractivity contribution in [2.75, 3.05) is 38.1 Å². The molecule has 2 amide bonds. The molecule has 28 heavy (non-hydrogen) atoms. The van der Waals surface area contributed by atoms with Gasteiger partial charge in [-0.3, -0.25) is 9.59 Å². The first kappa shape index (κ1) is 20.9. The highest BCUT2D eigenvalue weighted by Gasteiger charge is 2.33. The van der Waals surface area contributed by atoms with Gasteiger partial charge in [0.1, 0.15) is 10.6 Å². The van der Waals surface area contributed by atoms with Gasteiger partial charge in [-0.1, -0.05) is 32.4 Å². The maximum absolute atomic E-state index is 13.1. The van der Waals surface area contributed by atoms with E-state index in [1.807, 2.05) is 20.8 Å². The third kappa shape index (κ3) is 4.42. The van der Waals surface area contributed by atoms with Gasteiger partial charge in [-0.15, -0.1) is 0 Å². The summed E-state index contributed by atoms with van der Waals surface area (Å²) >= 11 is 6.19. The maximum Gasteiger partial charge on any atom is 0.262 e. The molecule has 1 aromatic rings. The molecule has 0 unspecified atom stereocenters. The Kier molecular flexibility index (Phi) is 5.62. The molecule has 0 aromatic heterocycles. The number of anilines is 1. The van der Waals surface area contributed by atoms with E-state index in [-0.39, 0.29) is 52.6 Å². The molecule has 154 valence electrons. The van der Waals surface area contributed by atoms with Crippen LogP contribution in [0, 0.1) is 5.41 Å². The minimum Gasteiger partial charge on any atom is -0.482 e. The number of nitrogens with zero attached hydrogens (tertiary/aromatic N) is 2. The van der Waals surface area contributed by atoms with Gasteiger partial charge < -0.3 is 15.0 Å². The minimum absolute atomic E-state index is 0.00999. The molecular formula is C18H24ClN3O5S. The van der Waals surface area contributed by atoms with Crippen molar-refractivity contribution in [2.45, 2.75) is 32.1 Å². The van der Waals surface area contributed by atoms with Crippen LogP contribution >= 0.6 is 11.6 Å². The number of nitrogens with one attached hydrogen (secondary N) is 1. The van der Waals surface area contributed by atoms with Gasteiger partial charge in [0.25, 0.3) is 5.91 Å². The third-order valence-corrected chi connectivity index (χ3v) is 6.92. The molecule has 2 aliphatic heterocycles. The van der Waals surface area contributed by atoms with E-state index in [9.17, 15) is 18.0 Å². The third-order valence-electron chi connectivity index (χ3n) is 4.56. The van der Waals surface area contributed by atoms with Crippen LogP contribution < -0.4 is 10.1 Å². The van der Waals surface area contributed by atoms with Crippen molar-refractivity contribution in [1.82, 2.24) is 9.21 Å². The zero-order chi connectivity index (χ0) is 20.7. The Hall–Kier alpha value is -1.84. The maximum atomic E-state index is 13.1. The fourth-order valence-electron chi connectivity index (χ4n) is 3.16. The Morgan fingerprint density at radius 2 is 1.86 bits per heavy atom. The van der Waals surface area contributed by atoms with Crippen LogP contribution in [0.5, 0.6) is 5.75 Å². The first-order valence-corrected chi connectivity index (χ1v) is 10.8. The lowest BCUT2D eigenvalue weighted by Gasteiger charge is -2.35. The molecule has 0 spiro atoms. The first-order chi connectivity index (χ1) is 13.0. The normalized spacial score (nSPS) is 18.3. The quantitative estimate of drug-likeness (QED) is 0.792. The van der Waals surface area contributed by atoms with E-state index in [0.717, 1.165) is 0 Å². The smallest absolute Gasteiger partial charge is 0.262 e. The van der Waals surface area contributed by atoms with Crippen LogP contribution in [0.15, 0.2) is 17.0 Å². The highest BCUT2D eigenvalue weighted by Crippen LogP contribution is 2.37. The predicted molar refractivity (Wildman–Crippen MR) is 105 cm³/mol. The van der Waals surface area contributed by atoms with Crippen LogP contribution in [0.4, 0.5) is 5.69 Å². The summed E-state index contributed by atoms with van der Waals surface area (Å²) in [4.78, 5) is 25.4. The van der Waals surface area contributed by atoms with Gasteiger partial charge in [0.05, 0.1) is 10.7 Å². The van der Waals surface area contributed by atoms with Gasteiger partial charge in [0.15, 0.2) is 6.61 Å². The van der Waals surface area contributed by atoms with Gasteiger partial charge in [-0.25, -0.2) is 8.42 Å². The highest BCUT2D eigenvalue weighted by atomic mass is 35.5. The predicted octanol–water partition coefficient (Wildman–Crippen LogP) is 1.94. The number of halogens is 1. The highest BCUT2D eigenvalue weighted by molar-refractivity contribution is 7.89. The minimum atomic E-state index is -3.85. The summed E-state index contributed by atoms with van der Waals surface area (Å²) in [5, 5.41) is 2.60. The number of benzene rings is 1. The van der Waals surface area contributed by atoms with Crippen molar-refractivity contribution < 1.29 is 22.7 Å². The van der Waals surface area contributed by atoms with E-state index >= 15 is 0 Å². The van der Waals surface area contributed by atoms with Crippen molar-refractivity contribution >= 4 is 39.1 Å². The van der Waals surface area contributed by atoms with Crippen molar-refractivity contribution in [3.63, 3.8) is 0 Å². The van der Waals surface area contributed by atoms with Gasteiger partial charge in [-0.2, -0.15) is 4.31 Å². The molecule has 0 saturated carbocycles. The van der Waals surface area contributed by atoms with Crippen LogP contribution in [-0.2, 0) is 19.6 Å². The molecule has 0 radical (unpaired) electrons. The number of carbonyl (C=O) groups is 2. The largest absolute Gasteiger partial charge is 0.482 e. The number of piperazine rings is 1. The first-order valence-electron chi connectivity index (χ1n) is 9.01. The molecule has 2 aliphatic rings. The topological polar surface area (TPSA) is 96.0 Å². The second-order valence-corrected chi connectivity index (χ2v) is 10.5. The summed E-state index contributed by atoms with van der Waals surface area (Å²) in [6.07, 6.45) is 0.416. The zero-order valence-electron chi connectivity index (χ0n) is 16.1. The molecule has 8 nitrogen and oxygen atoms in total. The number of carbonyl (C=O) groups excluding carboxylic acids is 2. The Morgan fingerprint density at radius 1 is 1.21 bits per heavy atom. The van der Waals surface area contributed by atoms with E-state index in [1.54, 1.807) is 4.90 Å². The molecule has 1 aromatic carbocycles. The number of rotatable bonds is 3. The molecule has 1 saturated heterocycles. The number of fused-ring (bicyclic) bond motifs is 1. The average Bonchev–Trinajstić information content (AvgIpc) is 2.59. The van der Waals surface area contributed by atoms with E-state index in [0.29, 0.717) is 25.2 Å². The average molecular weight is 430 g/mol. The number of amides is 2. The molecule has 0 atom stereocenters. The van der Waals surface area contributed by atoms with Crippen LogP contribution in [0.2, 0.25) is 5.02 Å². The summed E-state index contributed by atoms with van der Waals surface area (Å²) in [7, 11) is -3.85. The molecule has 10 heteroatoms. The molecule has 0 aliphatic carbocycles. The second-order valence-electron chi connectivity index (χ2n) is 8.14. The van der Waals surface area contributed by atoms with E-state index in [2.05, 4.69) is 5.32 Å². The summed E-state index contributed by atoms with van der Waals surface area (Å²) in [5.41, 5.74) is 0.226. The fourth-order valence-corrected chi connectivity index (χ4v) is 5.10. The van der Waals surface area contributed by atoms with Gasteiger partial charge in [-0.05, 0) is 11.5 Å². The second kappa shape index (κ2) is 7.53. The summed E-state index contributed by atoms with van der Waals surface area (Å²) in [5.74, 6) is -0.0303. The molecule has 1 fully saturated rings. The Balaban J connectivity index is 1.74. The SMILES string of the molecule is CC(C)(C)CC(=O)N1CCN(S(=O)(=O)c2cc3c(cc2Cl)NC(=O)CO3)CC1. The molecule has 0 bridgehead atoms. The number of sulfonamides is 1. The number of ether oxygens (including phenoxy) is 1. The van der Waals surface area contributed by atoms with Crippen LogP contribution in [0.1, 0.15) is 27.2 Å². The van der Waals surface area contributed by atoms with E-state index in [4.69, 9.17) is 16.3 Å². The van der Waals surface area contributed by atoms with Crippen molar-refractivity contribution in [1.29, 1.82) is 0 Å². The zero-order valence-corrected chi connectivity index (χ0v) is 17.7. The summed E-state index contributed by atoms with van der Waals surface area (Å²) < 4.78 is 32.7. The van der Waals surface area contributed by atoms with Crippen LogP contribution in [-0.4, -0.2) is 62.2 Å². The molecule has 1 N–H and O–H groups in total. The van der Waals surface area contributed by atoms with E-state index in [1.165, 1.54) is 16.4 Å². The van der Waals surface area contributed by atoms with Gasteiger partial charge in [0, 0.05) is 38.7 Å². The van der Waals surface area contributed by atoms with Crippen molar-refractivity contribution in [3.05, 3.63) is 17.2 Å². The Morgan fingerprint density at radius 3 is 2.46 bits per heavy atom. The summed E-state index contributed by atoms with van der Waals surface area (Å²) in [6.45, 7) is 6.87. The Labute approximate surface area is 169 Å². The van der Waals surface area contributed by atoms with Crippen LogP contribution in [0.3, 0.4) is 0 Å². The molecule has 3 rings (SSSR count). The number of hydrogen-bond donors (Lipinski definition) is 1. The van der Waals surface area contributed by atoms with Crippen molar-refractivity contribution in [2.24, 2.45) is 5.41 Å². The lowest BCUT2D eigenvalue weighted by Crippen LogP contribution is -2.51. The fraction of sp³-hybridized carbons (Fsp3) is 0.556. The lowest BCUT2D eigenvalue weighted by atomic mass is 9.91. The van der Waals surface area contributed by atoms with Gasteiger partial charge in [0.2, 0.25) is 15.9 Å². The van der Waals surface area contributed by atoms with Crippen LogP contribution in [0.25, 0.3) is 0 Å². The van der Waals surface area contributed by atoms with Crippen molar-refractivity contribution in [3.8, 4) is 5.75 Å². The van der Waals surface area contributed by atoms with Gasteiger partial charge >= 0.3 is 0 Å². The number of hydrogen-bond acceptors (Lipinski definition) is 5. The summed E-state index contributed by atoms with van der Waals surface area (Å²) in [6, 6.07) is 2.72.